The molecule has 5 heteroatoms. The molecule has 3 nitrogen and oxygen atoms in total. The zero-order chi connectivity index (χ0) is 13.7. The number of benzene rings is 1. The summed E-state index contributed by atoms with van der Waals surface area (Å²) >= 11 is 11.7. The second kappa shape index (κ2) is 6.98. The lowest BCUT2D eigenvalue weighted by molar-refractivity contribution is 0.0900. The van der Waals surface area contributed by atoms with Crippen molar-refractivity contribution in [1.82, 2.24) is 5.32 Å². The monoisotopic (exact) mass is 289 g/mol. The lowest BCUT2D eigenvalue weighted by Crippen LogP contribution is -2.32. The van der Waals surface area contributed by atoms with E-state index >= 15 is 0 Å². The fraction of sp³-hybridized carbons (Fsp3) is 0.462. The molecule has 1 amide bonds. The Kier molecular flexibility index (Phi) is 5.93. The van der Waals surface area contributed by atoms with E-state index < -0.39 is 6.10 Å². The van der Waals surface area contributed by atoms with Gasteiger partial charge in [-0.05, 0) is 30.5 Å². The number of hydrogen-bond donors (Lipinski definition) is 2. The molecule has 0 aromatic heterocycles. The third-order valence-electron chi connectivity index (χ3n) is 2.41. The summed E-state index contributed by atoms with van der Waals surface area (Å²) in [5.41, 5.74) is 0.320. The summed E-state index contributed by atoms with van der Waals surface area (Å²) in [7, 11) is 0. The van der Waals surface area contributed by atoms with Crippen molar-refractivity contribution in [3.63, 3.8) is 0 Å². The van der Waals surface area contributed by atoms with E-state index in [2.05, 4.69) is 5.32 Å². The van der Waals surface area contributed by atoms with Crippen molar-refractivity contribution in [1.29, 1.82) is 0 Å². The third kappa shape index (κ3) is 4.84. The summed E-state index contributed by atoms with van der Waals surface area (Å²) in [6.45, 7) is 4.23. The summed E-state index contributed by atoms with van der Waals surface area (Å²) in [5, 5.41) is 13.1. The number of carbonyl (C=O) groups is 1. The second-order valence-corrected chi connectivity index (χ2v) is 5.46. The number of carbonyl (C=O) groups excluding carboxylic acids is 1. The molecule has 0 saturated carbocycles. The molecule has 1 aromatic carbocycles. The summed E-state index contributed by atoms with van der Waals surface area (Å²) in [5.74, 6) is 0.0527. The molecule has 2 N–H and O–H groups in total. The highest BCUT2D eigenvalue weighted by Crippen LogP contribution is 2.20. The first-order valence-corrected chi connectivity index (χ1v) is 6.57. The number of aliphatic hydroxyl groups is 1. The van der Waals surface area contributed by atoms with Crippen molar-refractivity contribution in [3.8, 4) is 0 Å². The average Bonchev–Trinajstić information content (AvgIpc) is 2.28. The lowest BCUT2D eigenvalue weighted by atomic mass is 10.1. The number of nitrogens with one attached hydrogen (secondary N) is 1. The van der Waals surface area contributed by atoms with Crippen molar-refractivity contribution in [2.24, 2.45) is 5.92 Å². The van der Waals surface area contributed by atoms with Crippen LogP contribution in [0.5, 0.6) is 0 Å². The third-order valence-corrected chi connectivity index (χ3v) is 2.98. The van der Waals surface area contributed by atoms with Crippen LogP contribution in [0, 0.1) is 5.92 Å². The maximum atomic E-state index is 11.8. The molecule has 18 heavy (non-hydrogen) atoms. The van der Waals surface area contributed by atoms with Gasteiger partial charge < -0.3 is 10.4 Å². The van der Waals surface area contributed by atoms with Crippen molar-refractivity contribution in [2.75, 3.05) is 6.54 Å². The number of rotatable bonds is 5. The molecule has 1 rings (SSSR count). The molecule has 1 unspecified atom stereocenters. The maximum absolute atomic E-state index is 11.8. The largest absolute Gasteiger partial charge is 0.391 e. The first-order chi connectivity index (χ1) is 8.40. The van der Waals surface area contributed by atoms with Crippen LogP contribution in [-0.4, -0.2) is 23.7 Å². The molecular weight excluding hydrogens is 273 g/mol. The van der Waals surface area contributed by atoms with Crippen LogP contribution in [0.4, 0.5) is 0 Å². The van der Waals surface area contributed by atoms with Gasteiger partial charge in [0.15, 0.2) is 0 Å². The van der Waals surface area contributed by atoms with Gasteiger partial charge in [-0.15, -0.1) is 0 Å². The molecule has 0 fully saturated rings. The molecule has 0 radical (unpaired) electrons. The quantitative estimate of drug-likeness (QED) is 0.875. The molecule has 0 saturated heterocycles. The Bertz CT molecular complexity index is 421. The number of aliphatic hydroxyl groups excluding tert-OH is 1. The molecule has 0 aliphatic heterocycles. The van der Waals surface area contributed by atoms with Gasteiger partial charge in [-0.3, -0.25) is 4.79 Å². The normalized spacial score (nSPS) is 12.6. The van der Waals surface area contributed by atoms with E-state index in [-0.39, 0.29) is 12.5 Å². The van der Waals surface area contributed by atoms with Gasteiger partial charge in [0.2, 0.25) is 0 Å². The van der Waals surface area contributed by atoms with E-state index in [0.717, 1.165) is 0 Å². The van der Waals surface area contributed by atoms with Gasteiger partial charge in [-0.25, -0.2) is 0 Å². The Labute approximate surface area is 117 Å². The molecule has 0 bridgehead atoms. The van der Waals surface area contributed by atoms with Crippen LogP contribution in [-0.2, 0) is 0 Å². The zero-order valence-electron chi connectivity index (χ0n) is 10.4. The van der Waals surface area contributed by atoms with E-state index in [1.165, 1.54) is 6.07 Å². The van der Waals surface area contributed by atoms with Crippen molar-refractivity contribution < 1.29 is 9.90 Å². The summed E-state index contributed by atoms with van der Waals surface area (Å²) in [6, 6.07) is 4.70. The van der Waals surface area contributed by atoms with Crippen LogP contribution in [0.15, 0.2) is 18.2 Å². The first kappa shape index (κ1) is 15.3. The zero-order valence-corrected chi connectivity index (χ0v) is 11.9. The van der Waals surface area contributed by atoms with Crippen molar-refractivity contribution in [3.05, 3.63) is 33.8 Å². The molecule has 100 valence electrons. The van der Waals surface area contributed by atoms with Gasteiger partial charge in [0.1, 0.15) is 0 Å². The minimum absolute atomic E-state index is 0.208. The highest BCUT2D eigenvalue weighted by Gasteiger charge is 2.13. The van der Waals surface area contributed by atoms with E-state index in [4.69, 9.17) is 23.2 Å². The maximum Gasteiger partial charge on any atom is 0.252 e. The molecule has 1 aromatic rings. The van der Waals surface area contributed by atoms with E-state index in [1.54, 1.807) is 12.1 Å². The Morgan fingerprint density at radius 3 is 2.67 bits per heavy atom. The fourth-order valence-electron chi connectivity index (χ4n) is 1.60. The van der Waals surface area contributed by atoms with Gasteiger partial charge in [0.05, 0.1) is 16.7 Å². The minimum atomic E-state index is -0.549. The Morgan fingerprint density at radius 2 is 2.06 bits per heavy atom. The molecule has 0 aliphatic carbocycles. The first-order valence-electron chi connectivity index (χ1n) is 5.81. The number of amides is 1. The lowest BCUT2D eigenvalue weighted by Gasteiger charge is -2.14. The molecule has 0 heterocycles. The summed E-state index contributed by atoms with van der Waals surface area (Å²) < 4.78 is 0. The number of hydrogen-bond acceptors (Lipinski definition) is 2. The molecule has 1 atom stereocenters. The van der Waals surface area contributed by atoms with Crippen LogP contribution in [0.3, 0.4) is 0 Å². The highest BCUT2D eigenvalue weighted by atomic mass is 35.5. The van der Waals surface area contributed by atoms with Crippen molar-refractivity contribution in [2.45, 2.75) is 26.4 Å². The fourth-order valence-corrected chi connectivity index (χ4v) is 1.98. The standard InChI is InChI=1S/C13H17Cl2NO2/c1-8(2)5-10(17)7-16-13(18)11-6-9(14)3-4-12(11)15/h3-4,6,8,10,17H,5,7H2,1-2H3,(H,16,18). The smallest absolute Gasteiger partial charge is 0.252 e. The van der Waals surface area contributed by atoms with E-state index in [1.807, 2.05) is 13.8 Å². The van der Waals surface area contributed by atoms with Crippen LogP contribution in [0.2, 0.25) is 10.0 Å². The predicted molar refractivity (Wildman–Crippen MR) is 74.3 cm³/mol. The Morgan fingerprint density at radius 1 is 1.39 bits per heavy atom. The minimum Gasteiger partial charge on any atom is -0.391 e. The Balaban J connectivity index is 2.58. The van der Waals surface area contributed by atoms with Crippen LogP contribution in [0.25, 0.3) is 0 Å². The molecular formula is C13H17Cl2NO2. The second-order valence-electron chi connectivity index (χ2n) is 4.62. The van der Waals surface area contributed by atoms with Crippen LogP contribution >= 0.6 is 23.2 Å². The highest BCUT2D eigenvalue weighted by molar-refractivity contribution is 6.35. The summed E-state index contributed by atoms with van der Waals surface area (Å²) in [6.07, 6.45) is 0.0933. The SMILES string of the molecule is CC(C)CC(O)CNC(=O)c1cc(Cl)ccc1Cl. The van der Waals surface area contributed by atoms with E-state index in [0.29, 0.717) is 27.9 Å². The Hall–Kier alpha value is -0.770. The summed E-state index contributed by atoms with van der Waals surface area (Å²) in [4.78, 5) is 11.8. The average molecular weight is 290 g/mol. The van der Waals surface area contributed by atoms with Gasteiger partial charge in [0, 0.05) is 11.6 Å². The van der Waals surface area contributed by atoms with E-state index in [9.17, 15) is 9.90 Å². The van der Waals surface area contributed by atoms with Gasteiger partial charge in [0.25, 0.3) is 5.91 Å². The molecule has 0 aliphatic rings. The molecule has 0 spiro atoms. The topological polar surface area (TPSA) is 49.3 Å². The van der Waals surface area contributed by atoms with Crippen molar-refractivity contribution >= 4 is 29.1 Å². The predicted octanol–water partition coefficient (Wildman–Crippen LogP) is 3.13. The van der Waals surface area contributed by atoms with Gasteiger partial charge in [-0.1, -0.05) is 37.0 Å². The van der Waals surface area contributed by atoms with Crippen LogP contribution < -0.4 is 5.32 Å². The number of halogens is 2. The van der Waals surface area contributed by atoms with Crippen LogP contribution in [0.1, 0.15) is 30.6 Å². The van der Waals surface area contributed by atoms with Gasteiger partial charge in [-0.2, -0.15) is 0 Å². The van der Waals surface area contributed by atoms with Gasteiger partial charge >= 0.3 is 0 Å².